The molecule has 4 aromatic carbocycles. The lowest BCUT2D eigenvalue weighted by Gasteiger charge is -2.41. The second-order valence-electron chi connectivity index (χ2n) is 10.2. The van der Waals surface area contributed by atoms with Crippen LogP contribution in [0.4, 0.5) is 39.5 Å². The third-order valence-corrected chi connectivity index (χ3v) is 7.25. The fourth-order valence-electron chi connectivity index (χ4n) is 5.00. The molecule has 13 heteroatoms. The van der Waals surface area contributed by atoms with Crippen LogP contribution in [0, 0.1) is 11.6 Å². The van der Waals surface area contributed by atoms with Crippen LogP contribution in [0.5, 0.6) is 5.75 Å². The number of hydrogen-bond acceptors (Lipinski definition) is 4. The van der Waals surface area contributed by atoms with Gasteiger partial charge >= 0.3 is 18.7 Å². The molecule has 0 amide bonds. The van der Waals surface area contributed by atoms with E-state index in [0.29, 0.717) is 11.6 Å². The predicted octanol–water partition coefficient (Wildman–Crippen LogP) is 7.09. The molecule has 240 valence electrons. The summed E-state index contributed by atoms with van der Waals surface area (Å²) < 4.78 is 130. The molecule has 0 bridgehead atoms. The highest BCUT2D eigenvalue weighted by atomic mass is 19.4. The van der Waals surface area contributed by atoms with Crippen LogP contribution in [-0.2, 0) is 17.6 Å². The zero-order valence-electron chi connectivity index (χ0n) is 23.1. The summed E-state index contributed by atoms with van der Waals surface area (Å²) in [7, 11) is 0. The minimum absolute atomic E-state index is 0.0485. The molecule has 3 atom stereocenters. The number of hydrogen-bond donors (Lipinski definition) is 3. The molecule has 0 aliphatic carbocycles. The van der Waals surface area contributed by atoms with Crippen LogP contribution in [0.3, 0.4) is 0 Å². The van der Waals surface area contributed by atoms with E-state index in [9.17, 15) is 49.7 Å². The molecule has 0 spiro atoms. The molecule has 45 heavy (non-hydrogen) atoms. The van der Waals surface area contributed by atoms with Crippen molar-refractivity contribution in [2.75, 3.05) is 6.54 Å². The minimum Gasteiger partial charge on any atom is -0.428 e. The van der Waals surface area contributed by atoms with Gasteiger partial charge < -0.3 is 20.3 Å². The van der Waals surface area contributed by atoms with E-state index in [2.05, 4.69) is 10.1 Å². The molecular formula is C32H26F9NO3. The van der Waals surface area contributed by atoms with Gasteiger partial charge in [0, 0.05) is 12.6 Å². The molecule has 3 unspecified atom stereocenters. The van der Waals surface area contributed by atoms with Gasteiger partial charge in [-0.25, -0.2) is 8.78 Å². The third kappa shape index (κ3) is 7.26. The normalized spacial score (nSPS) is 15.7. The molecule has 4 nitrogen and oxygen atoms in total. The van der Waals surface area contributed by atoms with Crippen LogP contribution < -0.4 is 10.1 Å². The molecule has 0 saturated heterocycles. The van der Waals surface area contributed by atoms with Gasteiger partial charge in [0.25, 0.3) is 0 Å². The number of ether oxygens (including phenoxy) is 1. The van der Waals surface area contributed by atoms with Gasteiger partial charge in [-0.3, -0.25) is 0 Å². The van der Waals surface area contributed by atoms with Crippen molar-refractivity contribution in [2.24, 2.45) is 0 Å². The number of halogens is 9. The van der Waals surface area contributed by atoms with Crippen LogP contribution in [-0.4, -0.2) is 41.6 Å². The Kier molecular flexibility index (Phi) is 9.85. The molecule has 0 aliphatic rings. The van der Waals surface area contributed by atoms with Crippen LogP contribution in [0.25, 0.3) is 0 Å². The van der Waals surface area contributed by atoms with Gasteiger partial charge in [-0.15, -0.1) is 0 Å². The van der Waals surface area contributed by atoms with E-state index < -0.39 is 65.4 Å². The van der Waals surface area contributed by atoms with E-state index in [0.717, 1.165) is 36.4 Å². The first kappa shape index (κ1) is 33.8. The van der Waals surface area contributed by atoms with Crippen molar-refractivity contribution in [2.45, 2.75) is 42.4 Å². The fourth-order valence-corrected chi connectivity index (χ4v) is 5.00. The Hall–Kier alpha value is -4.07. The maximum atomic E-state index is 15.0. The first-order chi connectivity index (χ1) is 21.1. The first-order valence-corrected chi connectivity index (χ1v) is 13.3. The third-order valence-electron chi connectivity index (χ3n) is 7.25. The molecule has 0 aliphatic heterocycles. The Morgan fingerprint density at radius 3 is 1.82 bits per heavy atom. The Morgan fingerprint density at radius 1 is 0.689 bits per heavy atom. The molecule has 0 saturated carbocycles. The van der Waals surface area contributed by atoms with Gasteiger partial charge in [0.1, 0.15) is 23.5 Å². The van der Waals surface area contributed by atoms with Crippen molar-refractivity contribution in [3.05, 3.63) is 137 Å². The van der Waals surface area contributed by atoms with E-state index in [1.165, 1.54) is 30.3 Å². The number of benzene rings is 4. The summed E-state index contributed by atoms with van der Waals surface area (Å²) in [5.41, 5.74) is -6.30. The quantitative estimate of drug-likeness (QED) is 0.144. The summed E-state index contributed by atoms with van der Waals surface area (Å²) in [6, 6.07) is 20.0. The van der Waals surface area contributed by atoms with E-state index in [-0.39, 0.29) is 17.5 Å². The highest BCUT2D eigenvalue weighted by Gasteiger charge is 2.60. The number of rotatable bonds is 12. The standard InChI is InChI=1S/C32H26F9NO3/c33-24-13-11-21(12-14-24)29(18-20-7-3-1-4-8-20,23-15-25(34)17-26(16-23)45-31(37,38)28(35)36)42-19-27(43)30(44,32(39,40)41)22-9-5-2-6-10-22/h1-17,27-28,42-44H,18-19H2. The minimum atomic E-state index is -5.41. The lowest BCUT2D eigenvalue weighted by molar-refractivity contribution is -0.297. The maximum absolute atomic E-state index is 15.0. The first-order valence-electron chi connectivity index (χ1n) is 13.3. The average Bonchev–Trinajstić information content (AvgIpc) is 2.99. The van der Waals surface area contributed by atoms with Crippen LogP contribution in [0.15, 0.2) is 103 Å². The molecule has 0 aromatic heterocycles. The zero-order valence-corrected chi connectivity index (χ0v) is 23.1. The largest absolute Gasteiger partial charge is 0.461 e. The number of nitrogens with one attached hydrogen (secondary N) is 1. The summed E-state index contributed by atoms with van der Waals surface area (Å²) >= 11 is 0. The Bertz CT molecular complexity index is 1550. The monoisotopic (exact) mass is 643 g/mol. The van der Waals surface area contributed by atoms with Gasteiger partial charge in [-0.2, -0.15) is 30.7 Å². The lowest BCUT2D eigenvalue weighted by atomic mass is 9.77. The van der Waals surface area contributed by atoms with Crippen molar-refractivity contribution >= 4 is 0 Å². The Labute approximate surface area is 251 Å². The fraction of sp³-hybridized carbons (Fsp3) is 0.250. The number of alkyl halides is 7. The predicted molar refractivity (Wildman–Crippen MR) is 146 cm³/mol. The van der Waals surface area contributed by atoms with Crippen molar-refractivity contribution in [3.63, 3.8) is 0 Å². The topological polar surface area (TPSA) is 61.7 Å². The van der Waals surface area contributed by atoms with Crippen molar-refractivity contribution in [1.29, 1.82) is 0 Å². The van der Waals surface area contributed by atoms with Crippen LogP contribution in [0.2, 0.25) is 0 Å². The average molecular weight is 644 g/mol. The van der Waals surface area contributed by atoms with E-state index in [4.69, 9.17) is 0 Å². The van der Waals surface area contributed by atoms with Gasteiger partial charge in [-0.1, -0.05) is 72.8 Å². The SMILES string of the molecule is OC(CNC(Cc1ccccc1)(c1ccc(F)cc1)c1cc(F)cc(OC(F)(F)C(F)F)c1)C(O)(c1ccccc1)C(F)(F)F. The van der Waals surface area contributed by atoms with Crippen LogP contribution in [0.1, 0.15) is 22.3 Å². The highest BCUT2D eigenvalue weighted by molar-refractivity contribution is 5.45. The van der Waals surface area contributed by atoms with Crippen molar-refractivity contribution in [1.82, 2.24) is 5.32 Å². The summed E-state index contributed by atoms with van der Waals surface area (Å²) in [6.45, 7) is -1.06. The molecule has 4 aromatic rings. The molecule has 0 heterocycles. The van der Waals surface area contributed by atoms with Crippen molar-refractivity contribution < 1.29 is 54.5 Å². The summed E-state index contributed by atoms with van der Waals surface area (Å²) in [5.74, 6) is -3.03. The van der Waals surface area contributed by atoms with Gasteiger partial charge in [0.2, 0.25) is 5.60 Å². The van der Waals surface area contributed by atoms with Gasteiger partial charge in [0.15, 0.2) is 0 Å². The summed E-state index contributed by atoms with van der Waals surface area (Å²) in [5, 5.41) is 24.6. The number of aliphatic hydroxyl groups is 2. The van der Waals surface area contributed by atoms with E-state index >= 15 is 0 Å². The van der Waals surface area contributed by atoms with E-state index in [1.807, 2.05) is 0 Å². The summed E-state index contributed by atoms with van der Waals surface area (Å²) in [6.07, 6.45) is -17.6. The smallest absolute Gasteiger partial charge is 0.428 e. The molecule has 0 radical (unpaired) electrons. The second-order valence-corrected chi connectivity index (χ2v) is 10.2. The van der Waals surface area contributed by atoms with E-state index in [1.54, 1.807) is 30.3 Å². The maximum Gasteiger partial charge on any atom is 0.461 e. The van der Waals surface area contributed by atoms with Crippen molar-refractivity contribution in [3.8, 4) is 5.75 Å². The summed E-state index contributed by atoms with van der Waals surface area (Å²) in [4.78, 5) is 0. The zero-order chi connectivity index (χ0) is 33.0. The lowest BCUT2D eigenvalue weighted by Crippen LogP contribution is -2.58. The number of aliphatic hydroxyl groups excluding tert-OH is 1. The molecular weight excluding hydrogens is 617 g/mol. The van der Waals surface area contributed by atoms with Gasteiger partial charge in [-0.05, 0) is 52.9 Å². The highest BCUT2D eigenvalue weighted by Crippen LogP contribution is 2.43. The Balaban J connectivity index is 1.90. The second kappa shape index (κ2) is 13.1. The molecule has 4 rings (SSSR count). The Morgan fingerprint density at radius 2 is 1.27 bits per heavy atom. The van der Waals surface area contributed by atoms with Crippen LogP contribution >= 0.6 is 0 Å². The van der Waals surface area contributed by atoms with Gasteiger partial charge in [0.05, 0.1) is 5.54 Å². The molecule has 0 fully saturated rings. The molecule has 3 N–H and O–H groups in total.